The van der Waals surface area contributed by atoms with Gasteiger partial charge in [0.2, 0.25) is 0 Å². The van der Waals surface area contributed by atoms with Gasteiger partial charge in [-0.2, -0.15) is 0 Å². The number of rotatable bonds is 5. The van der Waals surface area contributed by atoms with E-state index in [1.807, 2.05) is 6.92 Å². The van der Waals surface area contributed by atoms with Crippen molar-refractivity contribution < 1.29 is 5.11 Å². The molecule has 3 N–H and O–H groups in total. The molecule has 1 aliphatic rings. The Kier molecular flexibility index (Phi) is 4.48. The molecule has 3 nitrogen and oxygen atoms in total. The van der Waals surface area contributed by atoms with E-state index in [4.69, 9.17) is 5.73 Å². The molecule has 1 aliphatic heterocycles. The molecule has 3 heteroatoms. The van der Waals surface area contributed by atoms with E-state index >= 15 is 0 Å². The molecule has 0 aromatic heterocycles. The van der Waals surface area contributed by atoms with Crippen LogP contribution in [-0.4, -0.2) is 30.3 Å². The van der Waals surface area contributed by atoms with Gasteiger partial charge in [-0.05, 0) is 43.7 Å². The third-order valence-corrected chi connectivity index (χ3v) is 4.02. The highest BCUT2D eigenvalue weighted by Crippen LogP contribution is 2.29. The average Bonchev–Trinajstić information content (AvgIpc) is 2.38. The summed E-state index contributed by atoms with van der Waals surface area (Å²) >= 11 is 0. The van der Waals surface area contributed by atoms with Crippen molar-refractivity contribution in [2.24, 2.45) is 11.7 Å². The van der Waals surface area contributed by atoms with Crippen LogP contribution in [0, 0.1) is 5.92 Å². The molecule has 1 aromatic carbocycles. The fraction of sp³-hybridized carbons (Fsp3) is 0.625. The van der Waals surface area contributed by atoms with E-state index in [-0.39, 0.29) is 0 Å². The quantitative estimate of drug-likeness (QED) is 0.855. The van der Waals surface area contributed by atoms with Gasteiger partial charge in [-0.25, -0.2) is 0 Å². The Morgan fingerprint density at radius 2 is 2.16 bits per heavy atom. The standard InChI is InChI=1S/C16H26N2O/c1-13-10-14-6-3-4-7-15(14)18(11-13)9-5-8-16(2,19)12-17/h3-4,6-7,13,19H,5,8-12,17H2,1-2H3. The third kappa shape index (κ3) is 3.71. The highest BCUT2D eigenvalue weighted by molar-refractivity contribution is 5.55. The number of aliphatic hydroxyl groups is 1. The predicted molar refractivity (Wildman–Crippen MR) is 80.4 cm³/mol. The fourth-order valence-electron chi connectivity index (χ4n) is 2.87. The van der Waals surface area contributed by atoms with Crippen molar-refractivity contribution in [3.05, 3.63) is 29.8 Å². The van der Waals surface area contributed by atoms with Crippen LogP contribution >= 0.6 is 0 Å². The van der Waals surface area contributed by atoms with Gasteiger partial charge in [0.1, 0.15) is 0 Å². The van der Waals surface area contributed by atoms with Gasteiger partial charge >= 0.3 is 0 Å². The molecule has 19 heavy (non-hydrogen) atoms. The molecule has 0 bridgehead atoms. The van der Waals surface area contributed by atoms with Gasteiger partial charge < -0.3 is 15.7 Å². The van der Waals surface area contributed by atoms with E-state index in [9.17, 15) is 5.11 Å². The van der Waals surface area contributed by atoms with Crippen molar-refractivity contribution in [1.29, 1.82) is 0 Å². The maximum atomic E-state index is 9.96. The number of hydrogen-bond acceptors (Lipinski definition) is 3. The number of anilines is 1. The molecule has 0 aliphatic carbocycles. The van der Waals surface area contributed by atoms with Crippen LogP contribution in [-0.2, 0) is 6.42 Å². The topological polar surface area (TPSA) is 49.5 Å². The summed E-state index contributed by atoms with van der Waals surface area (Å²) in [6, 6.07) is 8.67. The molecular formula is C16H26N2O. The molecule has 0 amide bonds. The summed E-state index contributed by atoms with van der Waals surface area (Å²) in [6.45, 7) is 6.57. The minimum atomic E-state index is -0.721. The van der Waals surface area contributed by atoms with E-state index in [1.54, 1.807) is 0 Å². The van der Waals surface area contributed by atoms with Crippen molar-refractivity contribution in [2.45, 2.75) is 38.7 Å². The molecule has 0 spiro atoms. The summed E-state index contributed by atoms with van der Waals surface area (Å²) < 4.78 is 0. The van der Waals surface area contributed by atoms with E-state index in [2.05, 4.69) is 36.1 Å². The first-order chi connectivity index (χ1) is 9.02. The number of para-hydroxylation sites is 1. The molecule has 2 rings (SSSR count). The van der Waals surface area contributed by atoms with Gasteiger partial charge in [-0.3, -0.25) is 0 Å². The Hall–Kier alpha value is -1.06. The maximum absolute atomic E-state index is 9.96. The normalized spacial score (nSPS) is 21.9. The van der Waals surface area contributed by atoms with E-state index in [0.717, 1.165) is 25.9 Å². The number of benzene rings is 1. The minimum Gasteiger partial charge on any atom is -0.389 e. The average molecular weight is 262 g/mol. The largest absolute Gasteiger partial charge is 0.389 e. The van der Waals surface area contributed by atoms with E-state index < -0.39 is 5.60 Å². The summed E-state index contributed by atoms with van der Waals surface area (Å²) in [7, 11) is 0. The molecule has 0 fully saturated rings. The van der Waals surface area contributed by atoms with Gasteiger partial charge in [0.15, 0.2) is 0 Å². The third-order valence-electron chi connectivity index (χ3n) is 4.02. The Morgan fingerprint density at radius 1 is 1.42 bits per heavy atom. The summed E-state index contributed by atoms with van der Waals surface area (Å²) in [6.07, 6.45) is 2.91. The second-order valence-corrected chi connectivity index (χ2v) is 6.19. The van der Waals surface area contributed by atoms with Crippen LogP contribution in [0.2, 0.25) is 0 Å². The SMILES string of the molecule is CC1Cc2ccccc2N(CCCC(C)(O)CN)C1. The van der Waals surface area contributed by atoms with Crippen molar-refractivity contribution in [3.63, 3.8) is 0 Å². The Balaban J connectivity index is 1.97. The first-order valence-electron chi connectivity index (χ1n) is 7.27. The number of fused-ring (bicyclic) bond motifs is 1. The monoisotopic (exact) mass is 262 g/mol. The van der Waals surface area contributed by atoms with Gasteiger partial charge in [0.05, 0.1) is 5.60 Å². The van der Waals surface area contributed by atoms with Crippen LogP contribution in [0.25, 0.3) is 0 Å². The highest BCUT2D eigenvalue weighted by atomic mass is 16.3. The summed E-state index contributed by atoms with van der Waals surface area (Å²) in [5.41, 5.74) is 7.66. The molecule has 0 saturated carbocycles. The summed E-state index contributed by atoms with van der Waals surface area (Å²) in [5, 5.41) is 9.96. The zero-order valence-electron chi connectivity index (χ0n) is 12.1. The Labute approximate surface area is 116 Å². The maximum Gasteiger partial charge on any atom is 0.0742 e. The van der Waals surface area contributed by atoms with Crippen molar-refractivity contribution >= 4 is 5.69 Å². The summed E-state index contributed by atoms with van der Waals surface area (Å²) in [4.78, 5) is 2.45. The number of nitrogens with two attached hydrogens (primary N) is 1. The predicted octanol–water partition coefficient (Wildman–Crippen LogP) is 2.18. The zero-order chi connectivity index (χ0) is 13.9. The van der Waals surface area contributed by atoms with Gasteiger partial charge in [-0.1, -0.05) is 25.1 Å². The number of nitrogens with zero attached hydrogens (tertiary/aromatic N) is 1. The van der Waals surface area contributed by atoms with E-state index in [1.165, 1.54) is 17.7 Å². The lowest BCUT2D eigenvalue weighted by Gasteiger charge is -2.35. The molecule has 2 unspecified atom stereocenters. The van der Waals surface area contributed by atoms with E-state index in [0.29, 0.717) is 12.5 Å². The molecule has 2 atom stereocenters. The molecule has 1 aromatic rings. The summed E-state index contributed by atoms with van der Waals surface area (Å²) in [5.74, 6) is 0.699. The lowest BCUT2D eigenvalue weighted by molar-refractivity contribution is 0.0583. The second-order valence-electron chi connectivity index (χ2n) is 6.19. The molecule has 0 radical (unpaired) electrons. The zero-order valence-corrected chi connectivity index (χ0v) is 12.1. The van der Waals surface area contributed by atoms with Crippen molar-refractivity contribution in [2.75, 3.05) is 24.5 Å². The molecule has 0 saturated heterocycles. The smallest absolute Gasteiger partial charge is 0.0742 e. The second kappa shape index (κ2) is 5.93. The number of hydrogen-bond donors (Lipinski definition) is 2. The lowest BCUT2D eigenvalue weighted by Crippen LogP contribution is -2.38. The van der Waals surface area contributed by atoms with Gasteiger partial charge in [-0.15, -0.1) is 0 Å². The molecule has 106 valence electrons. The van der Waals surface area contributed by atoms with Crippen LogP contribution < -0.4 is 10.6 Å². The Bertz CT molecular complexity index is 417. The Morgan fingerprint density at radius 3 is 2.89 bits per heavy atom. The molecule has 1 heterocycles. The van der Waals surface area contributed by atoms with Crippen LogP contribution in [0.15, 0.2) is 24.3 Å². The fourth-order valence-corrected chi connectivity index (χ4v) is 2.87. The first kappa shape index (κ1) is 14.4. The minimum absolute atomic E-state index is 0.333. The highest BCUT2D eigenvalue weighted by Gasteiger charge is 2.22. The first-order valence-corrected chi connectivity index (χ1v) is 7.27. The van der Waals surface area contributed by atoms with Crippen LogP contribution in [0.1, 0.15) is 32.3 Å². The lowest BCUT2D eigenvalue weighted by atomic mass is 9.93. The van der Waals surface area contributed by atoms with Crippen LogP contribution in [0.4, 0.5) is 5.69 Å². The van der Waals surface area contributed by atoms with Crippen LogP contribution in [0.3, 0.4) is 0 Å². The molecular weight excluding hydrogens is 236 g/mol. The van der Waals surface area contributed by atoms with Gasteiger partial charge in [0.25, 0.3) is 0 Å². The van der Waals surface area contributed by atoms with Crippen molar-refractivity contribution in [3.8, 4) is 0 Å². The van der Waals surface area contributed by atoms with Crippen molar-refractivity contribution in [1.82, 2.24) is 0 Å². The van der Waals surface area contributed by atoms with Crippen LogP contribution in [0.5, 0.6) is 0 Å². The van der Waals surface area contributed by atoms with Gasteiger partial charge in [0, 0.05) is 25.3 Å².